The molecule has 0 aromatic carbocycles. The van der Waals surface area contributed by atoms with Crippen LogP contribution in [0.5, 0.6) is 0 Å². The summed E-state index contributed by atoms with van der Waals surface area (Å²) in [6, 6.07) is 0. The number of rotatable bonds is 0. The molecule has 0 saturated carbocycles. The molecule has 7 heavy (non-hydrogen) atoms. The largest absolute Gasteiger partial charge is 2.00 e. The van der Waals surface area contributed by atoms with Crippen LogP contribution in [0.3, 0.4) is 0 Å². The Bertz CT molecular complexity index is 68.2. The Morgan fingerprint density at radius 1 is 1.29 bits per heavy atom. The molecule has 0 spiro atoms. The molecule has 0 bridgehead atoms. The summed E-state index contributed by atoms with van der Waals surface area (Å²) >= 11 is 0. The van der Waals surface area contributed by atoms with Gasteiger partial charge in [0.1, 0.15) is 0 Å². The minimum Gasteiger partial charge on any atom is -1.00 e. The molecule has 0 radical (unpaired) electrons. The van der Waals surface area contributed by atoms with Crippen LogP contribution in [0.1, 0.15) is 5.71 Å². The SMILES string of the molecule is O=P(O)(O)O.[Ca+2].[H-].[H-].[H-].[H-].[Mg+2]. The third-order valence-corrected chi connectivity index (χ3v) is 0. The van der Waals surface area contributed by atoms with Gasteiger partial charge in [0.15, 0.2) is 0 Å². The average Bonchev–Trinajstić information content (AvgIpc) is 0.722. The van der Waals surface area contributed by atoms with Crippen molar-refractivity contribution in [3.63, 3.8) is 0 Å². The first-order valence-corrected chi connectivity index (χ1v) is 2.35. The molecule has 0 aromatic rings. The summed E-state index contributed by atoms with van der Waals surface area (Å²) in [6.07, 6.45) is 0. The van der Waals surface area contributed by atoms with Crippen molar-refractivity contribution in [1.29, 1.82) is 0 Å². The maximum Gasteiger partial charge on any atom is 2.00 e. The van der Waals surface area contributed by atoms with E-state index < -0.39 is 7.82 Å². The Morgan fingerprint density at radius 2 is 1.29 bits per heavy atom. The molecular formula is H7CaMgO4P. The van der Waals surface area contributed by atoms with Crippen LogP contribution < -0.4 is 0 Å². The Morgan fingerprint density at radius 3 is 1.29 bits per heavy atom. The van der Waals surface area contributed by atoms with Gasteiger partial charge in [0.2, 0.25) is 0 Å². The Hall–Kier alpha value is 2.14. The molecule has 0 aliphatic heterocycles. The van der Waals surface area contributed by atoms with Crippen molar-refractivity contribution >= 4 is 68.6 Å². The second kappa shape index (κ2) is 6.26. The van der Waals surface area contributed by atoms with Gasteiger partial charge in [-0.1, -0.05) is 0 Å². The molecule has 0 rings (SSSR count). The first-order valence-electron chi connectivity index (χ1n) is 0.783. The van der Waals surface area contributed by atoms with Gasteiger partial charge in [0.05, 0.1) is 0 Å². The second-order valence-electron chi connectivity index (χ2n) is 0.513. The van der Waals surface area contributed by atoms with Crippen LogP contribution in [-0.2, 0) is 4.57 Å². The number of hydrogen-bond acceptors (Lipinski definition) is 1. The van der Waals surface area contributed by atoms with E-state index in [0.29, 0.717) is 0 Å². The average molecular weight is 166 g/mol. The molecule has 7 heteroatoms. The Kier molecular flexibility index (Phi) is 14.4. The molecule has 4 nitrogen and oxygen atoms in total. The van der Waals surface area contributed by atoms with Crippen molar-refractivity contribution < 1.29 is 25.0 Å². The topological polar surface area (TPSA) is 77.8 Å². The third-order valence-electron chi connectivity index (χ3n) is 0. The summed E-state index contributed by atoms with van der Waals surface area (Å²) < 4.78 is 8.88. The predicted molar refractivity (Wildman–Crippen MR) is 30.2 cm³/mol. The van der Waals surface area contributed by atoms with Gasteiger partial charge in [0, 0.05) is 0 Å². The molecule has 0 aromatic heterocycles. The van der Waals surface area contributed by atoms with Crippen molar-refractivity contribution in [1.82, 2.24) is 0 Å². The summed E-state index contributed by atoms with van der Waals surface area (Å²) in [6.45, 7) is 0. The first-order chi connectivity index (χ1) is 2.00. The fraction of sp³-hybridized carbons (Fsp3) is 0. The maximum absolute atomic E-state index is 8.88. The predicted octanol–water partition coefficient (Wildman–Crippen LogP) is -1.24. The molecule has 40 valence electrons. The standard InChI is InChI=1S/Ca.Mg.H3O4P.4H/c;;1-5(2,3)4;;;;/h;;(H3,1,2,3,4);;;;/q2*+2;;4*-1. The minimum atomic E-state index is -4.64. The van der Waals surface area contributed by atoms with Gasteiger partial charge in [-0.05, 0) is 0 Å². The van der Waals surface area contributed by atoms with E-state index >= 15 is 0 Å². The van der Waals surface area contributed by atoms with Crippen LogP contribution >= 0.6 is 7.82 Å². The summed E-state index contributed by atoms with van der Waals surface area (Å²) in [7, 11) is -4.64. The van der Waals surface area contributed by atoms with Gasteiger partial charge in [-0.2, -0.15) is 0 Å². The molecule has 0 amide bonds. The van der Waals surface area contributed by atoms with Crippen molar-refractivity contribution in [3.05, 3.63) is 0 Å². The van der Waals surface area contributed by atoms with E-state index in [0.717, 1.165) is 0 Å². The summed E-state index contributed by atoms with van der Waals surface area (Å²) in [5.41, 5.74) is 0. The van der Waals surface area contributed by atoms with Crippen molar-refractivity contribution in [2.24, 2.45) is 0 Å². The normalized spacial score (nSPS) is 8.43. The van der Waals surface area contributed by atoms with Crippen LogP contribution in [0.25, 0.3) is 0 Å². The van der Waals surface area contributed by atoms with E-state index in [1.54, 1.807) is 0 Å². The minimum absolute atomic E-state index is 0. The summed E-state index contributed by atoms with van der Waals surface area (Å²) in [5.74, 6) is 0. The fourth-order valence-corrected chi connectivity index (χ4v) is 0. The maximum atomic E-state index is 8.88. The van der Waals surface area contributed by atoms with E-state index in [9.17, 15) is 0 Å². The van der Waals surface area contributed by atoms with E-state index in [-0.39, 0.29) is 66.5 Å². The molecule has 0 fully saturated rings. The molecule has 0 unspecified atom stereocenters. The van der Waals surface area contributed by atoms with E-state index in [1.165, 1.54) is 0 Å². The smallest absolute Gasteiger partial charge is 1.00 e. The number of phosphoric acid groups is 1. The van der Waals surface area contributed by atoms with E-state index in [2.05, 4.69) is 0 Å². The van der Waals surface area contributed by atoms with Crippen molar-refractivity contribution in [3.8, 4) is 0 Å². The zero-order valence-electron chi connectivity index (χ0n) is 7.61. The van der Waals surface area contributed by atoms with Gasteiger partial charge in [-0.15, -0.1) is 0 Å². The van der Waals surface area contributed by atoms with Crippen LogP contribution in [0.2, 0.25) is 0 Å². The van der Waals surface area contributed by atoms with Crippen LogP contribution in [-0.4, -0.2) is 75.5 Å². The van der Waals surface area contributed by atoms with Crippen LogP contribution in [0.15, 0.2) is 0 Å². The second-order valence-corrected chi connectivity index (χ2v) is 1.54. The Labute approximate surface area is 92.6 Å². The zero-order valence-corrected chi connectivity index (χ0v) is 8.13. The summed E-state index contributed by atoms with van der Waals surface area (Å²) in [4.78, 5) is 21.6. The van der Waals surface area contributed by atoms with Crippen molar-refractivity contribution in [2.75, 3.05) is 0 Å². The molecule has 0 heterocycles. The molecule has 3 N–H and O–H groups in total. The van der Waals surface area contributed by atoms with Gasteiger partial charge in [-0.3, -0.25) is 0 Å². The van der Waals surface area contributed by atoms with Gasteiger partial charge in [0.25, 0.3) is 0 Å². The van der Waals surface area contributed by atoms with E-state index in [4.69, 9.17) is 19.2 Å². The van der Waals surface area contributed by atoms with Crippen LogP contribution in [0.4, 0.5) is 0 Å². The summed E-state index contributed by atoms with van der Waals surface area (Å²) in [5, 5.41) is 0. The van der Waals surface area contributed by atoms with Gasteiger partial charge in [-0.25, -0.2) is 4.57 Å². The third kappa shape index (κ3) is 67.1. The first kappa shape index (κ1) is 16.1. The van der Waals surface area contributed by atoms with Crippen molar-refractivity contribution in [2.45, 2.75) is 0 Å². The van der Waals surface area contributed by atoms with Crippen LogP contribution in [0, 0.1) is 0 Å². The molecule has 0 saturated heterocycles. The zero-order chi connectivity index (χ0) is 4.50. The Balaban J connectivity index is -0.00000000533. The van der Waals surface area contributed by atoms with Gasteiger partial charge < -0.3 is 20.4 Å². The molecule has 0 aliphatic carbocycles. The fourth-order valence-electron chi connectivity index (χ4n) is 0. The number of hydrogen-bond donors (Lipinski definition) is 3. The molecule has 0 aliphatic rings. The molecule has 0 atom stereocenters. The molecular weight excluding hydrogens is 159 g/mol. The van der Waals surface area contributed by atoms with E-state index in [1.807, 2.05) is 0 Å². The monoisotopic (exact) mass is 166 g/mol. The van der Waals surface area contributed by atoms with Gasteiger partial charge >= 0.3 is 68.6 Å². The quantitative estimate of drug-likeness (QED) is 0.311.